The minimum atomic E-state index is -3.56. The van der Waals surface area contributed by atoms with Crippen LogP contribution in [0.3, 0.4) is 0 Å². The molecule has 1 heterocycles. The Hall–Kier alpha value is -1.64. The Balaban J connectivity index is 0.00000136. The van der Waals surface area contributed by atoms with Crippen molar-refractivity contribution in [3.8, 4) is 0 Å². The maximum absolute atomic E-state index is 14.3. The Bertz CT molecular complexity index is 980. The van der Waals surface area contributed by atoms with E-state index >= 15 is 0 Å². The predicted octanol–water partition coefficient (Wildman–Crippen LogP) is 4.49. The number of ketones is 1. The Morgan fingerprint density at radius 3 is 2.43 bits per heavy atom. The number of carbonyl (C=O) groups excluding carboxylic acids is 1. The second-order valence-corrected chi connectivity index (χ2v) is 10.9. The van der Waals surface area contributed by atoms with E-state index in [1.165, 1.54) is 12.2 Å². The predicted molar refractivity (Wildman–Crippen MR) is 107 cm³/mol. The third-order valence-corrected chi connectivity index (χ3v) is 7.65. The number of sulfone groups is 1. The molecule has 3 rings (SSSR count). The third-order valence-electron chi connectivity index (χ3n) is 4.59. The number of Topliss-reactive ketones (excluding diaryl/α,β-unsaturated/α-hetero) is 1. The molecule has 0 saturated heterocycles. The summed E-state index contributed by atoms with van der Waals surface area (Å²) in [4.78, 5) is 13.3. The Labute approximate surface area is 168 Å². The molecule has 2 aliphatic rings. The molecule has 1 N–H and O–H groups in total. The highest BCUT2D eigenvalue weighted by molar-refractivity contribution is 7.92. The van der Waals surface area contributed by atoms with E-state index < -0.39 is 21.5 Å². The van der Waals surface area contributed by atoms with Gasteiger partial charge in [0.05, 0.1) is 5.56 Å². The van der Waals surface area contributed by atoms with Crippen LogP contribution in [0.2, 0.25) is 0 Å². The van der Waals surface area contributed by atoms with Crippen molar-refractivity contribution in [2.24, 2.45) is 5.41 Å². The van der Waals surface area contributed by atoms with Crippen molar-refractivity contribution in [2.75, 3.05) is 13.4 Å². The van der Waals surface area contributed by atoms with Gasteiger partial charge in [-0.2, -0.15) is 0 Å². The Morgan fingerprint density at radius 1 is 1.18 bits per heavy atom. The van der Waals surface area contributed by atoms with E-state index in [9.17, 15) is 22.0 Å². The molecule has 0 fully saturated rings. The molecule has 0 aliphatic heterocycles. The largest absolute Gasteiger partial charge is 0.400 e. The summed E-state index contributed by atoms with van der Waals surface area (Å²) >= 11 is 1.04. The number of aliphatic hydroxyl groups is 1. The van der Waals surface area contributed by atoms with E-state index in [4.69, 9.17) is 5.11 Å². The molecule has 4 nitrogen and oxygen atoms in total. The lowest BCUT2D eigenvalue weighted by molar-refractivity contribution is 0.0909. The molecule has 1 aromatic heterocycles. The van der Waals surface area contributed by atoms with Gasteiger partial charge in [0.2, 0.25) is 0 Å². The lowest BCUT2D eigenvalue weighted by atomic mass is 9.74. The fourth-order valence-electron chi connectivity index (χ4n) is 3.41. The average Bonchev–Trinajstić information content (AvgIpc) is 2.87. The SMILES string of the molecule is CC1(C)CC(=O)c2c(S(C)(=O)=O)sc(CC3=C(F)CC=C(F)C=C3)c2C1.CO. The molecule has 0 bridgehead atoms. The van der Waals surface area contributed by atoms with Crippen LogP contribution in [0.1, 0.15) is 47.5 Å². The van der Waals surface area contributed by atoms with Gasteiger partial charge >= 0.3 is 0 Å². The van der Waals surface area contributed by atoms with Crippen LogP contribution in [-0.4, -0.2) is 32.7 Å². The highest BCUT2D eigenvalue weighted by Gasteiger charge is 2.38. The van der Waals surface area contributed by atoms with Crippen molar-refractivity contribution in [2.45, 2.75) is 43.7 Å². The van der Waals surface area contributed by atoms with Gasteiger partial charge in [-0.05, 0) is 35.1 Å². The number of rotatable bonds is 3. The summed E-state index contributed by atoms with van der Waals surface area (Å²) in [6.45, 7) is 3.92. The molecule has 2 aliphatic carbocycles. The molecule has 154 valence electrons. The first kappa shape index (κ1) is 22.6. The highest BCUT2D eigenvalue weighted by Crippen LogP contribution is 2.44. The number of hydrogen-bond acceptors (Lipinski definition) is 5. The molecule has 28 heavy (non-hydrogen) atoms. The topological polar surface area (TPSA) is 71.4 Å². The standard InChI is InChI=1S/C19H20F2O3S2.CH4O/c1-19(2)9-13-16(8-11-4-5-12(20)6-7-14(11)21)25-18(26(3,23)24)17(13)15(22)10-19;1-2/h4-6H,7-10H2,1-3H3;2H,1H3. The molecule has 0 radical (unpaired) electrons. The lowest BCUT2D eigenvalue weighted by Gasteiger charge is -2.29. The third kappa shape index (κ3) is 4.85. The Kier molecular flexibility index (Phi) is 6.78. The second kappa shape index (κ2) is 8.39. The summed E-state index contributed by atoms with van der Waals surface area (Å²) in [6, 6.07) is 0. The van der Waals surface area contributed by atoms with E-state index in [-0.39, 0.29) is 40.2 Å². The van der Waals surface area contributed by atoms with Gasteiger partial charge in [0, 0.05) is 37.5 Å². The van der Waals surface area contributed by atoms with Crippen LogP contribution in [0.5, 0.6) is 0 Å². The van der Waals surface area contributed by atoms with Crippen molar-refractivity contribution < 1.29 is 27.1 Å². The highest BCUT2D eigenvalue weighted by atomic mass is 32.2. The average molecular weight is 431 g/mol. The summed E-state index contributed by atoms with van der Waals surface area (Å²) in [5.74, 6) is -1.13. The summed E-state index contributed by atoms with van der Waals surface area (Å²) in [6.07, 6.45) is 5.69. The molecule has 0 amide bonds. The van der Waals surface area contributed by atoms with Crippen LogP contribution in [0.4, 0.5) is 8.78 Å². The fraction of sp³-hybridized carbons (Fsp3) is 0.450. The smallest absolute Gasteiger partial charge is 0.185 e. The van der Waals surface area contributed by atoms with Gasteiger partial charge in [0.1, 0.15) is 15.9 Å². The maximum atomic E-state index is 14.3. The van der Waals surface area contributed by atoms with Crippen LogP contribution >= 0.6 is 11.3 Å². The molecule has 0 atom stereocenters. The molecule has 0 unspecified atom stereocenters. The van der Waals surface area contributed by atoms with Gasteiger partial charge in [-0.1, -0.05) is 19.9 Å². The number of carbonyl (C=O) groups is 1. The van der Waals surface area contributed by atoms with Crippen molar-refractivity contribution in [1.29, 1.82) is 0 Å². The summed E-state index contributed by atoms with van der Waals surface area (Å²) in [5.41, 5.74) is 1.00. The fourth-order valence-corrected chi connectivity index (χ4v) is 6.01. The van der Waals surface area contributed by atoms with Gasteiger partial charge in [0.15, 0.2) is 15.6 Å². The first-order chi connectivity index (χ1) is 13.0. The first-order valence-corrected chi connectivity index (χ1v) is 11.4. The van der Waals surface area contributed by atoms with Crippen LogP contribution in [0, 0.1) is 5.41 Å². The van der Waals surface area contributed by atoms with Crippen LogP contribution in [0.25, 0.3) is 0 Å². The van der Waals surface area contributed by atoms with E-state index in [1.54, 1.807) is 0 Å². The molecule has 0 aromatic carbocycles. The monoisotopic (exact) mass is 430 g/mol. The number of fused-ring (bicyclic) bond motifs is 1. The van der Waals surface area contributed by atoms with Crippen molar-refractivity contribution in [1.82, 2.24) is 0 Å². The lowest BCUT2D eigenvalue weighted by Crippen LogP contribution is -2.27. The van der Waals surface area contributed by atoms with Crippen molar-refractivity contribution >= 4 is 27.0 Å². The van der Waals surface area contributed by atoms with E-state index in [1.807, 2.05) is 13.8 Å². The second-order valence-electron chi connectivity index (χ2n) is 7.61. The Morgan fingerprint density at radius 2 is 1.82 bits per heavy atom. The van der Waals surface area contributed by atoms with Gasteiger partial charge in [-0.15, -0.1) is 11.3 Å². The van der Waals surface area contributed by atoms with Gasteiger partial charge < -0.3 is 5.11 Å². The van der Waals surface area contributed by atoms with E-state index in [0.29, 0.717) is 22.4 Å². The van der Waals surface area contributed by atoms with Gasteiger partial charge in [-0.25, -0.2) is 17.2 Å². The number of allylic oxidation sites excluding steroid dienone is 6. The molecular weight excluding hydrogens is 406 g/mol. The number of aliphatic hydroxyl groups excluding tert-OH is 1. The quantitative estimate of drug-likeness (QED) is 0.767. The number of hydrogen-bond donors (Lipinski definition) is 1. The minimum absolute atomic E-state index is 0.0610. The van der Waals surface area contributed by atoms with E-state index in [0.717, 1.165) is 30.8 Å². The summed E-state index contributed by atoms with van der Waals surface area (Å²) in [5, 5.41) is 7.00. The van der Waals surface area contributed by atoms with Crippen molar-refractivity contribution in [3.05, 3.63) is 51.5 Å². The van der Waals surface area contributed by atoms with Gasteiger partial charge in [0.25, 0.3) is 0 Å². The van der Waals surface area contributed by atoms with Crippen LogP contribution in [0.15, 0.2) is 39.7 Å². The molecule has 0 spiro atoms. The molecule has 0 saturated carbocycles. The van der Waals surface area contributed by atoms with Crippen molar-refractivity contribution in [3.63, 3.8) is 0 Å². The molecule has 1 aromatic rings. The maximum Gasteiger partial charge on any atom is 0.185 e. The zero-order valence-corrected chi connectivity index (χ0v) is 17.9. The first-order valence-electron chi connectivity index (χ1n) is 8.72. The summed E-state index contributed by atoms with van der Waals surface area (Å²) < 4.78 is 52.1. The zero-order chi connectivity index (χ0) is 21.3. The van der Waals surface area contributed by atoms with E-state index in [2.05, 4.69) is 0 Å². The molecule has 8 heteroatoms. The normalized spacial score (nSPS) is 18.8. The number of halogens is 2. The van der Waals surface area contributed by atoms with Crippen LogP contribution in [-0.2, 0) is 22.7 Å². The minimum Gasteiger partial charge on any atom is -0.400 e. The summed E-state index contributed by atoms with van der Waals surface area (Å²) in [7, 11) is -2.56. The number of thiophene rings is 1. The zero-order valence-electron chi connectivity index (χ0n) is 16.3. The van der Waals surface area contributed by atoms with Crippen LogP contribution < -0.4 is 0 Å². The van der Waals surface area contributed by atoms with Gasteiger partial charge in [-0.3, -0.25) is 4.79 Å². The molecular formula is C20H24F2O4S2.